The molecule has 3 heteroatoms. The maximum absolute atomic E-state index is 4.06. The summed E-state index contributed by atoms with van der Waals surface area (Å²) in [7, 11) is 0. The van der Waals surface area contributed by atoms with Gasteiger partial charge in [-0.05, 0) is 23.1 Å². The largest absolute Gasteiger partial charge is 0.300 e. The first-order valence-electron chi connectivity index (χ1n) is 6.86. The molecule has 1 aromatic rings. The van der Waals surface area contributed by atoms with Crippen molar-refractivity contribution in [3.8, 4) is 0 Å². The number of rotatable bonds is 3. The van der Waals surface area contributed by atoms with E-state index in [0.29, 0.717) is 5.41 Å². The molecule has 2 heterocycles. The van der Waals surface area contributed by atoms with Crippen LogP contribution < -0.4 is 0 Å². The second kappa shape index (κ2) is 5.81. The lowest BCUT2D eigenvalue weighted by Gasteiger charge is -2.37. The summed E-state index contributed by atoms with van der Waals surface area (Å²) in [5, 5.41) is 0. The first kappa shape index (κ1) is 13.5. The molecule has 0 saturated carbocycles. The van der Waals surface area contributed by atoms with Crippen molar-refractivity contribution in [2.24, 2.45) is 5.41 Å². The molecule has 1 aliphatic rings. The Balaban J connectivity index is 1.77. The van der Waals surface area contributed by atoms with Gasteiger partial charge in [-0.3, -0.25) is 9.88 Å². The third-order valence-electron chi connectivity index (χ3n) is 3.32. The number of hydrogen-bond donors (Lipinski definition) is 0. The Morgan fingerprint density at radius 1 is 1.00 bits per heavy atom. The number of pyridine rings is 1. The lowest BCUT2D eigenvalue weighted by molar-refractivity contribution is 0.0983. The van der Waals surface area contributed by atoms with Gasteiger partial charge in [0.2, 0.25) is 0 Å². The smallest absolute Gasteiger partial charge is 0.0271 e. The van der Waals surface area contributed by atoms with Crippen LogP contribution in [0, 0.1) is 5.41 Å². The van der Waals surface area contributed by atoms with Gasteiger partial charge in [0.05, 0.1) is 0 Å². The Morgan fingerprint density at radius 3 is 2.11 bits per heavy atom. The van der Waals surface area contributed by atoms with Gasteiger partial charge in [0.25, 0.3) is 0 Å². The summed E-state index contributed by atoms with van der Waals surface area (Å²) in [6, 6.07) is 4.23. The van der Waals surface area contributed by atoms with Gasteiger partial charge in [0, 0.05) is 51.7 Å². The molecule has 0 spiro atoms. The molecule has 2 rings (SSSR count). The van der Waals surface area contributed by atoms with Crippen molar-refractivity contribution in [2.75, 3.05) is 32.7 Å². The molecule has 0 bridgehead atoms. The third kappa shape index (κ3) is 4.39. The summed E-state index contributed by atoms with van der Waals surface area (Å²) in [5.41, 5.74) is 1.78. The van der Waals surface area contributed by atoms with Gasteiger partial charge in [-0.15, -0.1) is 0 Å². The normalized spacial score (nSPS) is 19.1. The van der Waals surface area contributed by atoms with Crippen molar-refractivity contribution >= 4 is 0 Å². The predicted octanol–water partition coefficient (Wildman–Crippen LogP) is 2.25. The summed E-state index contributed by atoms with van der Waals surface area (Å²) in [5.74, 6) is 0. The molecule has 0 amide bonds. The average Bonchev–Trinajstić information content (AvgIpc) is 2.31. The van der Waals surface area contributed by atoms with Crippen LogP contribution in [0.15, 0.2) is 24.5 Å². The number of aromatic nitrogens is 1. The third-order valence-corrected chi connectivity index (χ3v) is 3.32. The fourth-order valence-electron chi connectivity index (χ4n) is 2.52. The molecule has 1 saturated heterocycles. The van der Waals surface area contributed by atoms with E-state index in [2.05, 4.69) is 47.7 Å². The summed E-state index contributed by atoms with van der Waals surface area (Å²) < 4.78 is 0. The molecule has 0 atom stereocenters. The molecule has 0 unspecified atom stereocenters. The van der Waals surface area contributed by atoms with Crippen molar-refractivity contribution in [1.82, 2.24) is 14.8 Å². The highest BCUT2D eigenvalue weighted by atomic mass is 15.3. The van der Waals surface area contributed by atoms with Crippen LogP contribution in [0.5, 0.6) is 0 Å². The van der Waals surface area contributed by atoms with Gasteiger partial charge < -0.3 is 4.90 Å². The summed E-state index contributed by atoms with van der Waals surface area (Å²) in [4.78, 5) is 9.19. The number of hydrogen-bond acceptors (Lipinski definition) is 3. The molecule has 0 radical (unpaired) electrons. The minimum absolute atomic E-state index is 0.410. The molecule has 1 aromatic heterocycles. The highest BCUT2D eigenvalue weighted by molar-refractivity contribution is 5.09. The van der Waals surface area contributed by atoms with Gasteiger partial charge in [0.15, 0.2) is 0 Å². The van der Waals surface area contributed by atoms with Crippen molar-refractivity contribution in [1.29, 1.82) is 0 Å². The van der Waals surface area contributed by atoms with E-state index in [-0.39, 0.29) is 0 Å². The maximum atomic E-state index is 4.06. The zero-order valence-corrected chi connectivity index (χ0v) is 11.9. The Bertz CT molecular complexity index is 348. The van der Waals surface area contributed by atoms with Crippen LogP contribution >= 0.6 is 0 Å². The van der Waals surface area contributed by atoms with Crippen LogP contribution in [0.25, 0.3) is 0 Å². The lowest BCUT2D eigenvalue weighted by atomic mass is 9.96. The van der Waals surface area contributed by atoms with E-state index in [1.54, 1.807) is 0 Å². The van der Waals surface area contributed by atoms with Crippen LogP contribution in [-0.4, -0.2) is 47.5 Å². The molecule has 0 aromatic carbocycles. The number of piperazine rings is 1. The summed E-state index contributed by atoms with van der Waals surface area (Å²) in [6.45, 7) is 14.0. The number of nitrogens with zero attached hydrogens (tertiary/aromatic N) is 3. The van der Waals surface area contributed by atoms with Crippen LogP contribution in [-0.2, 0) is 6.54 Å². The van der Waals surface area contributed by atoms with Gasteiger partial charge in [-0.25, -0.2) is 0 Å². The maximum Gasteiger partial charge on any atom is 0.0271 e. The monoisotopic (exact) mass is 247 g/mol. The fourth-order valence-corrected chi connectivity index (χ4v) is 2.52. The second-order valence-corrected chi connectivity index (χ2v) is 6.47. The first-order chi connectivity index (χ1) is 8.53. The Kier molecular flexibility index (Phi) is 4.36. The van der Waals surface area contributed by atoms with Crippen LogP contribution in [0.2, 0.25) is 0 Å². The van der Waals surface area contributed by atoms with Crippen LogP contribution in [0.4, 0.5) is 0 Å². The highest BCUT2D eigenvalue weighted by Crippen LogP contribution is 2.17. The zero-order valence-electron chi connectivity index (χ0n) is 11.9. The van der Waals surface area contributed by atoms with E-state index in [4.69, 9.17) is 0 Å². The highest BCUT2D eigenvalue weighted by Gasteiger charge is 2.21. The molecule has 3 nitrogen and oxygen atoms in total. The van der Waals surface area contributed by atoms with E-state index in [1.165, 1.54) is 38.3 Å². The van der Waals surface area contributed by atoms with Gasteiger partial charge in [-0.1, -0.05) is 20.8 Å². The van der Waals surface area contributed by atoms with E-state index in [1.807, 2.05) is 12.4 Å². The summed E-state index contributed by atoms with van der Waals surface area (Å²) in [6.07, 6.45) is 3.76. The molecule has 1 aliphatic heterocycles. The SMILES string of the molecule is CC(C)(C)CN1CCN(Cc2ccncc2)CC1. The lowest BCUT2D eigenvalue weighted by Crippen LogP contribution is -2.48. The topological polar surface area (TPSA) is 19.4 Å². The zero-order chi connectivity index (χ0) is 13.0. The van der Waals surface area contributed by atoms with Crippen LogP contribution in [0.1, 0.15) is 26.3 Å². The van der Waals surface area contributed by atoms with E-state index >= 15 is 0 Å². The van der Waals surface area contributed by atoms with Crippen molar-refractivity contribution in [3.63, 3.8) is 0 Å². The Morgan fingerprint density at radius 2 is 1.56 bits per heavy atom. The molecule has 0 aliphatic carbocycles. The van der Waals surface area contributed by atoms with Crippen molar-refractivity contribution in [2.45, 2.75) is 27.3 Å². The van der Waals surface area contributed by atoms with Crippen LogP contribution in [0.3, 0.4) is 0 Å². The van der Waals surface area contributed by atoms with E-state index in [0.717, 1.165) is 6.54 Å². The molecular weight excluding hydrogens is 222 g/mol. The molecule has 100 valence electrons. The minimum Gasteiger partial charge on any atom is -0.300 e. The molecular formula is C15H25N3. The molecule has 0 N–H and O–H groups in total. The first-order valence-corrected chi connectivity index (χ1v) is 6.86. The van der Waals surface area contributed by atoms with E-state index < -0.39 is 0 Å². The van der Waals surface area contributed by atoms with Crippen molar-refractivity contribution in [3.05, 3.63) is 30.1 Å². The van der Waals surface area contributed by atoms with E-state index in [9.17, 15) is 0 Å². The average molecular weight is 247 g/mol. The minimum atomic E-state index is 0.410. The van der Waals surface area contributed by atoms with Gasteiger partial charge in [0.1, 0.15) is 0 Å². The molecule has 1 fully saturated rings. The Labute approximate surface area is 111 Å². The standard InChI is InChI=1S/C15H25N3/c1-15(2,3)13-18-10-8-17(9-11-18)12-14-4-6-16-7-5-14/h4-7H,8-13H2,1-3H3. The fraction of sp³-hybridized carbons (Fsp3) is 0.667. The van der Waals surface area contributed by atoms with Crippen molar-refractivity contribution < 1.29 is 0 Å². The van der Waals surface area contributed by atoms with Gasteiger partial charge >= 0.3 is 0 Å². The quantitative estimate of drug-likeness (QED) is 0.816. The second-order valence-electron chi connectivity index (χ2n) is 6.47. The summed E-state index contributed by atoms with van der Waals surface area (Å²) >= 11 is 0. The van der Waals surface area contributed by atoms with Gasteiger partial charge in [-0.2, -0.15) is 0 Å². The Hall–Kier alpha value is -0.930. The molecule has 18 heavy (non-hydrogen) atoms. The predicted molar refractivity (Wildman–Crippen MR) is 75.4 cm³/mol.